The van der Waals surface area contributed by atoms with E-state index in [1.807, 2.05) is 0 Å². The van der Waals surface area contributed by atoms with Crippen LogP contribution in [0.5, 0.6) is 0 Å². The Kier molecular flexibility index (Phi) is 3.54. The number of carboxylic acid groups (broad SMARTS) is 1. The van der Waals surface area contributed by atoms with Crippen LogP contribution in [0.25, 0.3) is 0 Å². The van der Waals surface area contributed by atoms with Gasteiger partial charge in [0.15, 0.2) is 0 Å². The van der Waals surface area contributed by atoms with Crippen molar-refractivity contribution in [2.24, 2.45) is 0 Å². The smallest absolute Gasteiger partial charge is 0.342 e. The van der Waals surface area contributed by atoms with Gasteiger partial charge in [0.05, 0.1) is 18.1 Å². The van der Waals surface area contributed by atoms with Gasteiger partial charge >= 0.3 is 5.97 Å². The molecule has 3 N–H and O–H groups in total. The van der Waals surface area contributed by atoms with Crippen LogP contribution in [0.1, 0.15) is 21.5 Å². The zero-order chi connectivity index (χ0) is 12.3. The summed E-state index contributed by atoms with van der Waals surface area (Å²) in [5.41, 5.74) is -0.815. The van der Waals surface area contributed by atoms with Gasteiger partial charge in [0.2, 0.25) is 0 Å². The maximum Gasteiger partial charge on any atom is 0.342 e. The average Bonchev–Trinajstić information content (AvgIpc) is 2.26. The molecule has 7 heteroatoms. The van der Waals surface area contributed by atoms with E-state index < -0.39 is 35.4 Å². The van der Waals surface area contributed by atoms with Crippen molar-refractivity contribution >= 4 is 11.7 Å². The van der Waals surface area contributed by atoms with Crippen LogP contribution in [-0.4, -0.2) is 26.2 Å². The summed E-state index contributed by atoms with van der Waals surface area (Å²) in [6.45, 7) is -0.995. The monoisotopic (exact) mass is 227 g/mol. The van der Waals surface area contributed by atoms with Gasteiger partial charge in [0, 0.05) is 6.07 Å². The number of hydrogen-bond donors (Lipinski definition) is 3. The highest BCUT2D eigenvalue weighted by Gasteiger charge is 2.22. The Morgan fingerprint density at radius 3 is 2.12 bits per heavy atom. The first-order valence-electron chi connectivity index (χ1n) is 4.26. The number of hydrogen-bond acceptors (Lipinski definition) is 5. The minimum absolute atomic E-state index is 0.138. The number of aliphatic hydroxyl groups is 2. The van der Waals surface area contributed by atoms with Crippen LogP contribution in [0.15, 0.2) is 12.1 Å². The first-order valence-corrected chi connectivity index (χ1v) is 4.26. The van der Waals surface area contributed by atoms with Gasteiger partial charge in [0.1, 0.15) is 5.56 Å². The van der Waals surface area contributed by atoms with Crippen molar-refractivity contribution in [3.05, 3.63) is 38.9 Å². The van der Waals surface area contributed by atoms with E-state index >= 15 is 0 Å². The number of rotatable bonds is 4. The third-order valence-electron chi connectivity index (χ3n) is 2.09. The molecule has 1 aromatic rings. The van der Waals surface area contributed by atoms with Gasteiger partial charge in [-0.05, 0) is 17.2 Å². The second-order valence-electron chi connectivity index (χ2n) is 3.02. The van der Waals surface area contributed by atoms with Crippen molar-refractivity contribution < 1.29 is 25.0 Å². The van der Waals surface area contributed by atoms with Crippen LogP contribution < -0.4 is 0 Å². The van der Waals surface area contributed by atoms with Crippen molar-refractivity contribution in [2.45, 2.75) is 13.2 Å². The van der Waals surface area contributed by atoms with E-state index in [0.717, 1.165) is 12.1 Å². The molecule has 0 spiro atoms. The van der Waals surface area contributed by atoms with Gasteiger partial charge in [-0.2, -0.15) is 0 Å². The average molecular weight is 227 g/mol. The minimum Gasteiger partial charge on any atom is -0.477 e. The van der Waals surface area contributed by atoms with Crippen molar-refractivity contribution in [3.8, 4) is 0 Å². The molecule has 0 unspecified atom stereocenters. The predicted octanol–water partition coefficient (Wildman–Crippen LogP) is 0.278. The quantitative estimate of drug-likeness (QED) is 0.501. The van der Waals surface area contributed by atoms with Gasteiger partial charge in [-0.3, -0.25) is 10.1 Å². The Bertz CT molecular complexity index is 401. The summed E-state index contributed by atoms with van der Waals surface area (Å²) < 4.78 is 0. The fourth-order valence-corrected chi connectivity index (χ4v) is 1.29. The van der Waals surface area contributed by atoms with Gasteiger partial charge in [-0.25, -0.2) is 4.79 Å². The third-order valence-corrected chi connectivity index (χ3v) is 2.09. The molecule has 1 aromatic carbocycles. The number of carbonyl (C=O) groups is 1. The number of carboxylic acids is 1. The zero-order valence-corrected chi connectivity index (χ0v) is 8.08. The van der Waals surface area contributed by atoms with Crippen molar-refractivity contribution in [3.63, 3.8) is 0 Å². The number of aliphatic hydroxyl groups excluding tert-OH is 2. The highest BCUT2D eigenvalue weighted by atomic mass is 16.6. The molecule has 7 nitrogen and oxygen atoms in total. The lowest BCUT2D eigenvalue weighted by Gasteiger charge is -2.06. The van der Waals surface area contributed by atoms with Crippen LogP contribution in [0.2, 0.25) is 0 Å². The summed E-state index contributed by atoms with van der Waals surface area (Å²) in [6, 6.07) is 1.95. The Hall–Kier alpha value is -1.99. The largest absolute Gasteiger partial charge is 0.477 e. The Morgan fingerprint density at radius 1 is 1.25 bits per heavy atom. The minimum atomic E-state index is -1.45. The lowest BCUT2D eigenvalue weighted by molar-refractivity contribution is -0.385. The van der Waals surface area contributed by atoms with Crippen LogP contribution in [0, 0.1) is 10.1 Å². The van der Waals surface area contributed by atoms with Gasteiger partial charge in [-0.15, -0.1) is 0 Å². The fourth-order valence-electron chi connectivity index (χ4n) is 1.29. The number of nitro benzene ring substituents is 1. The molecule has 0 heterocycles. The lowest BCUT2D eigenvalue weighted by Crippen LogP contribution is -2.06. The first-order chi connectivity index (χ1) is 7.51. The topological polar surface area (TPSA) is 121 Å². The molecule has 0 bridgehead atoms. The number of nitro groups is 1. The fraction of sp³-hybridized carbons (Fsp3) is 0.222. The van der Waals surface area contributed by atoms with Gasteiger partial charge < -0.3 is 15.3 Å². The molecule has 1 rings (SSSR count). The molecule has 0 aliphatic rings. The maximum absolute atomic E-state index is 10.7. The number of nitrogens with zero attached hydrogens (tertiary/aromatic N) is 1. The van der Waals surface area contributed by atoms with Crippen molar-refractivity contribution in [1.82, 2.24) is 0 Å². The molecule has 16 heavy (non-hydrogen) atoms. The van der Waals surface area contributed by atoms with Crippen LogP contribution in [0.4, 0.5) is 5.69 Å². The highest BCUT2D eigenvalue weighted by Crippen LogP contribution is 2.24. The van der Waals surface area contributed by atoms with Crippen LogP contribution in [-0.2, 0) is 13.2 Å². The van der Waals surface area contributed by atoms with Crippen LogP contribution >= 0.6 is 0 Å². The lowest BCUT2D eigenvalue weighted by atomic mass is 10.0. The Labute approximate surface area is 89.7 Å². The van der Waals surface area contributed by atoms with Crippen LogP contribution in [0.3, 0.4) is 0 Å². The molecule has 0 atom stereocenters. The third kappa shape index (κ3) is 2.15. The van der Waals surface area contributed by atoms with Gasteiger partial charge in [0.25, 0.3) is 5.69 Å². The molecule has 86 valence electrons. The SMILES string of the molecule is O=C(O)c1cc(CO)c(CO)cc1[N+](=O)[O-]. The van der Waals surface area contributed by atoms with E-state index in [0.29, 0.717) is 0 Å². The molecule has 0 aromatic heterocycles. The Morgan fingerprint density at radius 2 is 1.75 bits per heavy atom. The molecule has 0 aliphatic carbocycles. The molecule has 0 aliphatic heterocycles. The van der Waals surface area contributed by atoms with E-state index in [2.05, 4.69) is 0 Å². The second-order valence-corrected chi connectivity index (χ2v) is 3.02. The van der Waals surface area contributed by atoms with E-state index in [4.69, 9.17) is 15.3 Å². The molecular formula is C9H9NO6. The first kappa shape index (κ1) is 12.1. The van der Waals surface area contributed by atoms with Gasteiger partial charge in [-0.1, -0.05) is 0 Å². The Balaban J connectivity index is 3.47. The molecule has 0 radical (unpaired) electrons. The summed E-state index contributed by atoms with van der Waals surface area (Å²) in [4.78, 5) is 20.5. The maximum atomic E-state index is 10.7. The molecule has 0 saturated heterocycles. The number of benzene rings is 1. The van der Waals surface area contributed by atoms with E-state index in [1.54, 1.807) is 0 Å². The highest BCUT2D eigenvalue weighted by molar-refractivity contribution is 5.92. The summed E-state index contributed by atoms with van der Waals surface area (Å²) in [6.07, 6.45) is 0. The summed E-state index contributed by atoms with van der Waals surface area (Å²) >= 11 is 0. The van der Waals surface area contributed by atoms with E-state index in [1.165, 1.54) is 0 Å². The summed E-state index contributed by atoms with van der Waals surface area (Å²) in [5, 5.41) is 37.2. The van der Waals surface area contributed by atoms with Crippen molar-refractivity contribution in [2.75, 3.05) is 0 Å². The van der Waals surface area contributed by atoms with E-state index in [9.17, 15) is 14.9 Å². The second kappa shape index (κ2) is 4.69. The summed E-state index contributed by atoms with van der Waals surface area (Å²) in [7, 11) is 0. The molecule has 0 saturated carbocycles. The molecular weight excluding hydrogens is 218 g/mol. The summed E-state index contributed by atoms with van der Waals surface area (Å²) in [5.74, 6) is -1.45. The zero-order valence-electron chi connectivity index (χ0n) is 8.08. The molecule has 0 amide bonds. The van der Waals surface area contributed by atoms with E-state index in [-0.39, 0.29) is 11.1 Å². The normalized spacial score (nSPS) is 10.1. The molecule has 0 fully saturated rings. The standard InChI is InChI=1S/C9H9NO6/c11-3-5-1-7(9(13)14)8(10(15)16)2-6(5)4-12/h1-2,11-12H,3-4H2,(H,13,14). The number of aromatic carboxylic acids is 1. The predicted molar refractivity (Wildman–Crippen MR) is 51.9 cm³/mol. The van der Waals surface area contributed by atoms with Crippen molar-refractivity contribution in [1.29, 1.82) is 0 Å².